The maximum absolute atomic E-state index is 13.0. The molecule has 0 radical (unpaired) electrons. The Hall–Kier alpha value is -2.40. The van der Waals surface area contributed by atoms with Gasteiger partial charge in [0.2, 0.25) is 5.91 Å². The molecule has 2 aromatic carbocycles. The van der Waals surface area contributed by atoms with Gasteiger partial charge in [0.15, 0.2) is 0 Å². The monoisotopic (exact) mass is 380 g/mol. The van der Waals surface area contributed by atoms with E-state index in [9.17, 15) is 14.7 Å². The first-order valence-corrected chi connectivity index (χ1v) is 10.3. The molecule has 1 aliphatic heterocycles. The lowest BCUT2D eigenvalue weighted by molar-refractivity contribution is -0.153. The Balaban J connectivity index is 1.38. The Morgan fingerprint density at radius 3 is 2.32 bits per heavy atom. The molecule has 2 unspecified atom stereocenters. The molecule has 1 N–H and O–H groups in total. The molecule has 0 aromatic heterocycles. The molecule has 1 amide bonds. The van der Waals surface area contributed by atoms with Gasteiger partial charge >= 0.3 is 5.97 Å². The van der Waals surface area contributed by atoms with E-state index >= 15 is 0 Å². The van der Waals surface area contributed by atoms with Crippen LogP contribution in [0.1, 0.15) is 31.2 Å². The van der Waals surface area contributed by atoms with Crippen LogP contribution in [0.5, 0.6) is 0 Å². The molecular weight excluding hydrogens is 352 g/mol. The second kappa shape index (κ2) is 8.31. The van der Waals surface area contributed by atoms with E-state index in [0.29, 0.717) is 25.9 Å². The number of benzene rings is 2. The van der Waals surface area contributed by atoms with Crippen molar-refractivity contribution in [1.82, 2.24) is 9.80 Å². The van der Waals surface area contributed by atoms with E-state index in [0.717, 1.165) is 32.5 Å². The third kappa shape index (κ3) is 3.90. The third-order valence-corrected chi connectivity index (χ3v) is 6.36. The van der Waals surface area contributed by atoms with Gasteiger partial charge in [-0.25, -0.2) is 0 Å². The molecule has 2 aromatic rings. The average Bonchev–Trinajstić information content (AvgIpc) is 2.74. The summed E-state index contributed by atoms with van der Waals surface area (Å²) in [5, 5.41) is 12.0. The summed E-state index contributed by atoms with van der Waals surface area (Å²) in [6, 6.07) is 14.9. The molecule has 1 aliphatic carbocycles. The van der Waals surface area contributed by atoms with Crippen LogP contribution in [-0.2, 0) is 16.1 Å². The molecule has 2 aliphatic rings. The number of carboxylic acids is 1. The van der Waals surface area contributed by atoms with Crippen LogP contribution in [0, 0.1) is 11.8 Å². The van der Waals surface area contributed by atoms with E-state index in [-0.39, 0.29) is 11.8 Å². The minimum absolute atomic E-state index is 0.0527. The summed E-state index contributed by atoms with van der Waals surface area (Å²) < 4.78 is 0. The van der Waals surface area contributed by atoms with Crippen LogP contribution in [0.2, 0.25) is 0 Å². The highest BCUT2D eigenvalue weighted by molar-refractivity contribution is 5.86. The maximum atomic E-state index is 13.0. The van der Waals surface area contributed by atoms with E-state index < -0.39 is 11.9 Å². The van der Waals surface area contributed by atoms with Gasteiger partial charge in [0.25, 0.3) is 0 Å². The summed E-state index contributed by atoms with van der Waals surface area (Å²) in [5.74, 6) is -1.60. The number of carbonyl (C=O) groups excluding carboxylic acids is 1. The number of amides is 1. The van der Waals surface area contributed by atoms with Crippen molar-refractivity contribution in [3.63, 3.8) is 0 Å². The zero-order valence-corrected chi connectivity index (χ0v) is 16.2. The summed E-state index contributed by atoms with van der Waals surface area (Å²) in [5.41, 5.74) is 1.32. The van der Waals surface area contributed by atoms with Crippen LogP contribution in [0.15, 0.2) is 42.5 Å². The molecule has 0 bridgehead atoms. The number of rotatable bonds is 4. The molecule has 2 fully saturated rings. The fourth-order valence-electron chi connectivity index (χ4n) is 4.75. The Bertz CT molecular complexity index is 853. The molecule has 28 heavy (non-hydrogen) atoms. The first-order chi connectivity index (χ1) is 13.6. The normalized spacial score (nSPS) is 23.6. The number of hydrogen-bond donors (Lipinski definition) is 1. The number of carboxylic acid groups (broad SMARTS) is 1. The fourth-order valence-corrected chi connectivity index (χ4v) is 4.75. The minimum Gasteiger partial charge on any atom is -0.481 e. The minimum atomic E-state index is -0.812. The van der Waals surface area contributed by atoms with Crippen molar-refractivity contribution in [1.29, 1.82) is 0 Å². The molecule has 148 valence electrons. The molecule has 2 atom stereocenters. The van der Waals surface area contributed by atoms with E-state index in [1.807, 2.05) is 4.90 Å². The molecule has 1 saturated heterocycles. The zero-order chi connectivity index (χ0) is 19.5. The summed E-state index contributed by atoms with van der Waals surface area (Å²) >= 11 is 0. The quantitative estimate of drug-likeness (QED) is 0.883. The van der Waals surface area contributed by atoms with E-state index in [4.69, 9.17) is 0 Å². The van der Waals surface area contributed by atoms with Crippen molar-refractivity contribution < 1.29 is 14.7 Å². The van der Waals surface area contributed by atoms with Crippen LogP contribution < -0.4 is 0 Å². The van der Waals surface area contributed by atoms with Crippen molar-refractivity contribution in [3.05, 3.63) is 48.0 Å². The highest BCUT2D eigenvalue weighted by Gasteiger charge is 2.38. The standard InChI is InChI=1S/C23H28N2O3/c26-22(20-10-3-4-11-21(20)23(27)28)25-14-12-24(13-15-25)16-18-8-5-7-17-6-1-2-9-19(17)18/h1-2,5-9,20-21H,3-4,10-16H2,(H,27,28). The molecule has 5 heteroatoms. The highest BCUT2D eigenvalue weighted by atomic mass is 16.4. The van der Waals surface area contributed by atoms with Crippen molar-refractivity contribution in [2.45, 2.75) is 32.2 Å². The van der Waals surface area contributed by atoms with E-state index in [1.165, 1.54) is 16.3 Å². The molecule has 1 heterocycles. The molecule has 0 spiro atoms. The lowest BCUT2D eigenvalue weighted by atomic mass is 9.78. The number of hydrogen-bond acceptors (Lipinski definition) is 3. The smallest absolute Gasteiger partial charge is 0.307 e. The van der Waals surface area contributed by atoms with Crippen LogP contribution >= 0.6 is 0 Å². The second-order valence-corrected chi connectivity index (χ2v) is 8.08. The second-order valence-electron chi connectivity index (χ2n) is 8.08. The van der Waals surface area contributed by atoms with Crippen LogP contribution in [0.4, 0.5) is 0 Å². The SMILES string of the molecule is O=C(O)C1CCCCC1C(=O)N1CCN(Cc2cccc3ccccc23)CC1. The van der Waals surface area contributed by atoms with Crippen LogP contribution in [0.3, 0.4) is 0 Å². The summed E-state index contributed by atoms with van der Waals surface area (Å²) in [6.45, 7) is 3.92. The third-order valence-electron chi connectivity index (χ3n) is 6.36. The maximum Gasteiger partial charge on any atom is 0.307 e. The summed E-state index contributed by atoms with van der Waals surface area (Å²) in [6.07, 6.45) is 3.22. The Kier molecular flexibility index (Phi) is 5.62. The van der Waals surface area contributed by atoms with Crippen molar-refractivity contribution in [3.8, 4) is 0 Å². The Labute approximate surface area is 165 Å². The number of fused-ring (bicyclic) bond motifs is 1. The Morgan fingerprint density at radius 2 is 1.57 bits per heavy atom. The van der Waals surface area contributed by atoms with Gasteiger partial charge in [-0.1, -0.05) is 55.3 Å². The number of carbonyl (C=O) groups is 2. The molecule has 5 nitrogen and oxygen atoms in total. The average molecular weight is 380 g/mol. The Morgan fingerprint density at radius 1 is 0.893 bits per heavy atom. The van der Waals surface area contributed by atoms with Crippen molar-refractivity contribution >= 4 is 22.6 Å². The first kappa shape index (κ1) is 18.9. The molecular formula is C23H28N2O3. The van der Waals surface area contributed by atoms with Gasteiger partial charge < -0.3 is 10.0 Å². The van der Waals surface area contributed by atoms with Gasteiger partial charge in [0.1, 0.15) is 0 Å². The van der Waals surface area contributed by atoms with E-state index in [1.54, 1.807) is 0 Å². The number of nitrogens with zero attached hydrogens (tertiary/aromatic N) is 2. The first-order valence-electron chi connectivity index (χ1n) is 10.3. The van der Waals surface area contributed by atoms with Crippen molar-refractivity contribution in [2.75, 3.05) is 26.2 Å². The van der Waals surface area contributed by atoms with Gasteiger partial charge in [-0.3, -0.25) is 14.5 Å². The number of aliphatic carboxylic acids is 1. The predicted octanol–water partition coefficient (Wildman–Crippen LogP) is 3.38. The number of piperazine rings is 1. The van der Waals surface area contributed by atoms with Crippen molar-refractivity contribution in [2.24, 2.45) is 11.8 Å². The van der Waals surface area contributed by atoms with Gasteiger partial charge in [0, 0.05) is 32.7 Å². The molecule has 4 rings (SSSR count). The van der Waals surface area contributed by atoms with Gasteiger partial charge in [-0.2, -0.15) is 0 Å². The van der Waals surface area contributed by atoms with Crippen LogP contribution in [0.25, 0.3) is 10.8 Å². The summed E-state index contributed by atoms with van der Waals surface area (Å²) in [7, 11) is 0. The topological polar surface area (TPSA) is 60.9 Å². The van der Waals surface area contributed by atoms with Gasteiger partial charge in [-0.15, -0.1) is 0 Å². The molecule has 1 saturated carbocycles. The summed E-state index contributed by atoms with van der Waals surface area (Å²) in [4.78, 5) is 28.8. The predicted molar refractivity (Wildman–Crippen MR) is 109 cm³/mol. The largest absolute Gasteiger partial charge is 0.481 e. The van der Waals surface area contributed by atoms with Crippen LogP contribution in [-0.4, -0.2) is 53.0 Å². The lowest BCUT2D eigenvalue weighted by Gasteiger charge is -2.38. The lowest BCUT2D eigenvalue weighted by Crippen LogP contribution is -2.51. The fraction of sp³-hybridized carbons (Fsp3) is 0.478. The zero-order valence-electron chi connectivity index (χ0n) is 16.2. The van der Waals surface area contributed by atoms with Gasteiger partial charge in [-0.05, 0) is 29.2 Å². The van der Waals surface area contributed by atoms with E-state index in [2.05, 4.69) is 47.4 Å². The van der Waals surface area contributed by atoms with Gasteiger partial charge in [0.05, 0.1) is 11.8 Å². The highest BCUT2D eigenvalue weighted by Crippen LogP contribution is 2.32.